The highest BCUT2D eigenvalue weighted by Gasteiger charge is 2.13. The molecule has 20 heavy (non-hydrogen) atoms. The van der Waals surface area contributed by atoms with Crippen molar-refractivity contribution in [1.29, 1.82) is 0 Å². The molecule has 0 aliphatic carbocycles. The summed E-state index contributed by atoms with van der Waals surface area (Å²) in [7, 11) is 1.66. The van der Waals surface area contributed by atoms with Gasteiger partial charge in [-0.2, -0.15) is 0 Å². The van der Waals surface area contributed by atoms with Crippen molar-refractivity contribution in [2.75, 3.05) is 7.11 Å². The van der Waals surface area contributed by atoms with Crippen LogP contribution in [0.2, 0.25) is 0 Å². The van der Waals surface area contributed by atoms with E-state index < -0.39 is 0 Å². The van der Waals surface area contributed by atoms with Crippen LogP contribution in [0.5, 0.6) is 5.75 Å². The van der Waals surface area contributed by atoms with Crippen LogP contribution in [-0.4, -0.2) is 19.1 Å². The SMILES string of the molecule is COc1ccccc1CC(C)NC(=O)c1csc(Br)c1. The molecule has 106 valence electrons. The molecule has 0 aliphatic rings. The van der Waals surface area contributed by atoms with Crippen LogP contribution in [0.25, 0.3) is 0 Å². The summed E-state index contributed by atoms with van der Waals surface area (Å²) in [6.07, 6.45) is 0.737. The Morgan fingerprint density at radius 3 is 2.85 bits per heavy atom. The molecule has 0 fully saturated rings. The van der Waals surface area contributed by atoms with E-state index in [0.717, 1.165) is 21.5 Å². The monoisotopic (exact) mass is 353 g/mol. The van der Waals surface area contributed by atoms with Gasteiger partial charge in [-0.3, -0.25) is 4.79 Å². The van der Waals surface area contributed by atoms with E-state index in [2.05, 4.69) is 21.2 Å². The van der Waals surface area contributed by atoms with Gasteiger partial charge in [-0.15, -0.1) is 11.3 Å². The molecule has 5 heteroatoms. The summed E-state index contributed by atoms with van der Waals surface area (Å²) < 4.78 is 6.28. The van der Waals surface area contributed by atoms with Gasteiger partial charge in [-0.1, -0.05) is 18.2 Å². The summed E-state index contributed by atoms with van der Waals surface area (Å²) >= 11 is 4.87. The number of thiophene rings is 1. The summed E-state index contributed by atoms with van der Waals surface area (Å²) in [6, 6.07) is 9.73. The van der Waals surface area contributed by atoms with Gasteiger partial charge in [0.05, 0.1) is 16.5 Å². The molecule has 1 unspecified atom stereocenters. The molecular formula is C15H16BrNO2S. The van der Waals surface area contributed by atoms with E-state index >= 15 is 0 Å². The van der Waals surface area contributed by atoms with Crippen LogP contribution in [-0.2, 0) is 6.42 Å². The summed E-state index contributed by atoms with van der Waals surface area (Å²) in [5, 5.41) is 4.84. The van der Waals surface area contributed by atoms with Gasteiger partial charge in [0.1, 0.15) is 5.75 Å². The fourth-order valence-corrected chi connectivity index (χ4v) is 3.13. The van der Waals surface area contributed by atoms with Crippen LogP contribution in [0.1, 0.15) is 22.8 Å². The van der Waals surface area contributed by atoms with Gasteiger partial charge < -0.3 is 10.1 Å². The highest BCUT2D eigenvalue weighted by Crippen LogP contribution is 2.21. The predicted octanol–water partition coefficient (Wildman–Crippen LogP) is 3.88. The van der Waals surface area contributed by atoms with Crippen molar-refractivity contribution in [1.82, 2.24) is 5.32 Å². The molecule has 0 saturated heterocycles. The minimum Gasteiger partial charge on any atom is -0.496 e. The smallest absolute Gasteiger partial charge is 0.252 e. The van der Waals surface area contributed by atoms with Gasteiger partial charge in [0.25, 0.3) is 5.91 Å². The molecular weight excluding hydrogens is 338 g/mol. The first-order valence-corrected chi connectivity index (χ1v) is 7.94. The van der Waals surface area contributed by atoms with Crippen LogP contribution < -0.4 is 10.1 Å². The van der Waals surface area contributed by atoms with Crippen molar-refractivity contribution < 1.29 is 9.53 Å². The summed E-state index contributed by atoms with van der Waals surface area (Å²) in [5.41, 5.74) is 1.78. The lowest BCUT2D eigenvalue weighted by molar-refractivity contribution is 0.0940. The third-order valence-corrected chi connectivity index (χ3v) is 4.43. The number of hydrogen-bond acceptors (Lipinski definition) is 3. The Labute approximate surface area is 131 Å². The van der Waals surface area contributed by atoms with E-state index in [0.29, 0.717) is 5.56 Å². The molecule has 1 atom stereocenters. The van der Waals surface area contributed by atoms with Crippen molar-refractivity contribution in [3.05, 3.63) is 50.6 Å². The van der Waals surface area contributed by atoms with Crippen molar-refractivity contribution in [3.8, 4) is 5.75 Å². The average molecular weight is 354 g/mol. The van der Waals surface area contributed by atoms with Gasteiger partial charge in [-0.25, -0.2) is 0 Å². The van der Waals surface area contributed by atoms with Crippen LogP contribution in [0.15, 0.2) is 39.5 Å². The lowest BCUT2D eigenvalue weighted by Crippen LogP contribution is -2.33. The molecule has 1 amide bonds. The molecule has 0 bridgehead atoms. The third kappa shape index (κ3) is 3.84. The number of carbonyl (C=O) groups is 1. The molecule has 1 N–H and O–H groups in total. The van der Waals surface area contributed by atoms with Crippen LogP contribution in [0.3, 0.4) is 0 Å². The molecule has 1 aromatic carbocycles. The topological polar surface area (TPSA) is 38.3 Å². The second-order valence-electron chi connectivity index (χ2n) is 4.53. The first kappa shape index (κ1) is 15.1. The number of para-hydroxylation sites is 1. The van der Waals surface area contributed by atoms with Gasteiger partial charge in [0, 0.05) is 11.4 Å². The van der Waals surface area contributed by atoms with E-state index in [-0.39, 0.29) is 11.9 Å². The number of hydrogen-bond donors (Lipinski definition) is 1. The molecule has 0 saturated carbocycles. The van der Waals surface area contributed by atoms with Crippen molar-refractivity contribution in [2.24, 2.45) is 0 Å². The van der Waals surface area contributed by atoms with E-state index in [1.54, 1.807) is 7.11 Å². The number of halogens is 1. The van der Waals surface area contributed by atoms with E-state index in [9.17, 15) is 4.79 Å². The first-order valence-electron chi connectivity index (χ1n) is 6.27. The number of benzene rings is 1. The van der Waals surface area contributed by atoms with E-state index in [1.807, 2.05) is 42.6 Å². The molecule has 1 heterocycles. The molecule has 2 aromatic rings. The number of rotatable bonds is 5. The summed E-state index contributed by atoms with van der Waals surface area (Å²) in [6.45, 7) is 1.99. The Kier molecular flexibility index (Phi) is 5.20. The third-order valence-electron chi connectivity index (χ3n) is 2.93. The zero-order chi connectivity index (χ0) is 14.5. The second-order valence-corrected chi connectivity index (χ2v) is 6.82. The quantitative estimate of drug-likeness (QED) is 0.885. The number of carbonyl (C=O) groups excluding carboxylic acids is 1. The fourth-order valence-electron chi connectivity index (χ4n) is 1.99. The minimum absolute atomic E-state index is 0.0393. The normalized spacial score (nSPS) is 11.9. The predicted molar refractivity (Wildman–Crippen MR) is 85.6 cm³/mol. The van der Waals surface area contributed by atoms with E-state index in [4.69, 9.17) is 4.74 Å². The van der Waals surface area contributed by atoms with Crippen LogP contribution in [0.4, 0.5) is 0 Å². The minimum atomic E-state index is -0.0469. The standard InChI is InChI=1S/C15H16BrNO2S/c1-10(7-11-5-3-4-6-13(11)19-2)17-15(18)12-8-14(16)20-9-12/h3-6,8-10H,7H2,1-2H3,(H,17,18). The molecule has 3 nitrogen and oxygen atoms in total. The molecule has 1 aromatic heterocycles. The number of nitrogens with one attached hydrogen (secondary N) is 1. The van der Waals surface area contributed by atoms with Crippen molar-refractivity contribution in [3.63, 3.8) is 0 Å². The Morgan fingerprint density at radius 1 is 1.45 bits per heavy atom. The maximum atomic E-state index is 12.1. The number of methoxy groups -OCH3 is 1. The Balaban J connectivity index is 1.98. The zero-order valence-corrected chi connectivity index (χ0v) is 13.8. The van der Waals surface area contributed by atoms with Crippen molar-refractivity contribution >= 4 is 33.2 Å². The summed E-state index contributed by atoms with van der Waals surface area (Å²) in [4.78, 5) is 12.1. The maximum Gasteiger partial charge on any atom is 0.252 e. The Bertz CT molecular complexity index is 597. The molecule has 0 spiro atoms. The second kappa shape index (κ2) is 6.90. The van der Waals surface area contributed by atoms with Gasteiger partial charge >= 0.3 is 0 Å². The first-order chi connectivity index (χ1) is 9.60. The molecule has 2 rings (SSSR count). The zero-order valence-electron chi connectivity index (χ0n) is 11.4. The molecule has 0 radical (unpaired) electrons. The largest absolute Gasteiger partial charge is 0.496 e. The Morgan fingerprint density at radius 2 is 2.20 bits per heavy atom. The average Bonchev–Trinajstić information content (AvgIpc) is 2.86. The fraction of sp³-hybridized carbons (Fsp3) is 0.267. The lowest BCUT2D eigenvalue weighted by Gasteiger charge is -2.15. The highest BCUT2D eigenvalue weighted by molar-refractivity contribution is 9.11. The molecule has 0 aliphatic heterocycles. The van der Waals surface area contributed by atoms with Gasteiger partial charge in [0.2, 0.25) is 0 Å². The maximum absolute atomic E-state index is 12.1. The number of amides is 1. The number of ether oxygens (including phenoxy) is 1. The van der Waals surface area contributed by atoms with Crippen LogP contribution in [0, 0.1) is 0 Å². The van der Waals surface area contributed by atoms with E-state index in [1.165, 1.54) is 11.3 Å². The Hall–Kier alpha value is -1.33. The lowest BCUT2D eigenvalue weighted by atomic mass is 10.1. The van der Waals surface area contributed by atoms with Crippen molar-refractivity contribution in [2.45, 2.75) is 19.4 Å². The highest BCUT2D eigenvalue weighted by atomic mass is 79.9. The summed E-state index contributed by atoms with van der Waals surface area (Å²) in [5.74, 6) is 0.807. The van der Waals surface area contributed by atoms with Gasteiger partial charge in [0.15, 0.2) is 0 Å². The van der Waals surface area contributed by atoms with Gasteiger partial charge in [-0.05, 0) is 47.0 Å². The van der Waals surface area contributed by atoms with Crippen LogP contribution >= 0.6 is 27.3 Å².